The van der Waals surface area contributed by atoms with Crippen molar-refractivity contribution in [2.75, 3.05) is 46.0 Å². The Morgan fingerprint density at radius 1 is 1.16 bits per heavy atom. The first-order chi connectivity index (χ1) is 12.0. The quantitative estimate of drug-likeness (QED) is 0.868. The average Bonchev–Trinajstić information content (AvgIpc) is 2.62. The molecule has 0 bridgehead atoms. The van der Waals surface area contributed by atoms with E-state index in [1.165, 1.54) is 0 Å². The first kappa shape index (κ1) is 17.8. The second-order valence-electron chi connectivity index (χ2n) is 6.66. The first-order valence-electron chi connectivity index (χ1n) is 8.54. The van der Waals surface area contributed by atoms with Crippen molar-refractivity contribution < 1.29 is 24.2 Å². The van der Waals surface area contributed by atoms with E-state index in [2.05, 4.69) is 4.90 Å². The third-order valence-electron chi connectivity index (χ3n) is 4.75. The second-order valence-corrected chi connectivity index (χ2v) is 6.66. The molecule has 1 aromatic rings. The first-order valence-corrected chi connectivity index (χ1v) is 8.54. The van der Waals surface area contributed by atoms with E-state index in [1.54, 1.807) is 17.0 Å². The molecule has 1 aromatic carbocycles. The van der Waals surface area contributed by atoms with Gasteiger partial charge in [0.15, 0.2) is 5.60 Å². The van der Waals surface area contributed by atoms with Gasteiger partial charge in [0, 0.05) is 32.7 Å². The van der Waals surface area contributed by atoms with Crippen LogP contribution in [0, 0.1) is 0 Å². The molecule has 136 valence electrons. The number of aromatic carboxylic acids is 1. The molecule has 0 unspecified atom stereocenters. The predicted octanol–water partition coefficient (Wildman–Crippen LogP) is 0.835. The Bertz CT molecular complexity index is 644. The van der Waals surface area contributed by atoms with Crippen LogP contribution in [0.1, 0.15) is 22.8 Å². The summed E-state index contributed by atoms with van der Waals surface area (Å²) in [7, 11) is 0. The highest BCUT2D eigenvalue weighted by Gasteiger charge is 2.42. The van der Waals surface area contributed by atoms with E-state index in [0.717, 1.165) is 5.56 Å². The van der Waals surface area contributed by atoms with Gasteiger partial charge in [-0.1, -0.05) is 18.2 Å². The highest BCUT2D eigenvalue weighted by atomic mass is 16.5. The van der Waals surface area contributed by atoms with Gasteiger partial charge in [0.05, 0.1) is 25.4 Å². The summed E-state index contributed by atoms with van der Waals surface area (Å²) in [6, 6.07) is 6.98. The Labute approximate surface area is 147 Å². The third kappa shape index (κ3) is 4.00. The zero-order valence-electron chi connectivity index (χ0n) is 14.4. The summed E-state index contributed by atoms with van der Waals surface area (Å²) in [5, 5.41) is 9.34. The molecule has 0 aromatic heterocycles. The van der Waals surface area contributed by atoms with Gasteiger partial charge in [-0.25, -0.2) is 4.79 Å². The van der Waals surface area contributed by atoms with Crippen molar-refractivity contribution in [2.24, 2.45) is 0 Å². The van der Waals surface area contributed by atoms with Crippen LogP contribution in [0.3, 0.4) is 0 Å². The number of carboxylic acids is 1. The Morgan fingerprint density at radius 3 is 2.60 bits per heavy atom. The van der Waals surface area contributed by atoms with E-state index < -0.39 is 11.6 Å². The van der Waals surface area contributed by atoms with E-state index in [-0.39, 0.29) is 5.91 Å². The summed E-state index contributed by atoms with van der Waals surface area (Å²) in [5.74, 6) is -0.956. The van der Waals surface area contributed by atoms with E-state index in [9.17, 15) is 14.7 Å². The number of hydrogen-bond donors (Lipinski definition) is 1. The van der Waals surface area contributed by atoms with Crippen LogP contribution in [0.25, 0.3) is 0 Å². The van der Waals surface area contributed by atoms with Crippen molar-refractivity contribution in [3.8, 4) is 0 Å². The lowest BCUT2D eigenvalue weighted by molar-refractivity contribution is -0.171. The molecule has 3 rings (SSSR count). The third-order valence-corrected chi connectivity index (χ3v) is 4.75. The minimum Gasteiger partial charge on any atom is -0.478 e. The SMILES string of the molecule is C[C@@]1(C(=O)N2CCOCC2)CN(Cc2ccccc2C(=O)O)CCO1. The van der Waals surface area contributed by atoms with Crippen LogP contribution in [0.15, 0.2) is 24.3 Å². The summed E-state index contributed by atoms with van der Waals surface area (Å²) in [4.78, 5) is 28.1. The van der Waals surface area contributed by atoms with Gasteiger partial charge >= 0.3 is 5.97 Å². The van der Waals surface area contributed by atoms with Crippen LogP contribution in [0.4, 0.5) is 0 Å². The molecule has 0 saturated carbocycles. The fourth-order valence-corrected chi connectivity index (χ4v) is 3.42. The van der Waals surface area contributed by atoms with Gasteiger partial charge in [-0.3, -0.25) is 9.69 Å². The van der Waals surface area contributed by atoms with Crippen molar-refractivity contribution in [1.29, 1.82) is 0 Å². The number of nitrogens with zero attached hydrogens (tertiary/aromatic N) is 2. The lowest BCUT2D eigenvalue weighted by Crippen LogP contribution is -2.60. The number of carboxylic acid groups (broad SMARTS) is 1. The molecule has 2 heterocycles. The highest BCUT2D eigenvalue weighted by Crippen LogP contribution is 2.23. The van der Waals surface area contributed by atoms with Crippen molar-refractivity contribution in [3.63, 3.8) is 0 Å². The number of rotatable bonds is 4. The number of amides is 1. The largest absolute Gasteiger partial charge is 0.478 e. The molecule has 2 fully saturated rings. The number of benzene rings is 1. The fourth-order valence-electron chi connectivity index (χ4n) is 3.42. The summed E-state index contributed by atoms with van der Waals surface area (Å²) in [5.41, 5.74) is 0.140. The van der Waals surface area contributed by atoms with Gasteiger partial charge in [0.2, 0.25) is 0 Å². The number of hydrogen-bond acceptors (Lipinski definition) is 5. The summed E-state index contributed by atoms with van der Waals surface area (Å²) < 4.78 is 11.1. The standard InChI is InChI=1S/C18H24N2O5/c1-18(17(23)20-7-9-24-10-8-20)13-19(6-11-25-18)12-14-4-2-3-5-15(14)16(21)22/h2-5H,6-13H2,1H3,(H,21,22)/t18-/m0/s1. The molecule has 7 heteroatoms. The minimum absolute atomic E-state index is 0.0213. The Kier molecular flexibility index (Phi) is 5.36. The van der Waals surface area contributed by atoms with Gasteiger partial charge < -0.3 is 19.5 Å². The predicted molar refractivity (Wildman–Crippen MR) is 90.4 cm³/mol. The molecule has 1 N–H and O–H groups in total. The maximum Gasteiger partial charge on any atom is 0.336 e. The fraction of sp³-hybridized carbons (Fsp3) is 0.556. The van der Waals surface area contributed by atoms with Crippen LogP contribution in [-0.2, 0) is 20.8 Å². The number of carbonyl (C=O) groups excluding carboxylic acids is 1. The van der Waals surface area contributed by atoms with E-state index in [0.29, 0.717) is 58.1 Å². The van der Waals surface area contributed by atoms with Gasteiger partial charge in [-0.2, -0.15) is 0 Å². The molecular formula is C18H24N2O5. The van der Waals surface area contributed by atoms with Crippen molar-refractivity contribution in [2.45, 2.75) is 19.1 Å². The van der Waals surface area contributed by atoms with E-state index in [1.807, 2.05) is 19.1 Å². The maximum absolute atomic E-state index is 12.9. The topological polar surface area (TPSA) is 79.3 Å². The smallest absolute Gasteiger partial charge is 0.336 e. The van der Waals surface area contributed by atoms with Crippen LogP contribution in [-0.4, -0.2) is 78.4 Å². The van der Waals surface area contributed by atoms with E-state index in [4.69, 9.17) is 9.47 Å². The van der Waals surface area contributed by atoms with Crippen molar-refractivity contribution in [1.82, 2.24) is 9.80 Å². The van der Waals surface area contributed by atoms with Crippen molar-refractivity contribution in [3.05, 3.63) is 35.4 Å². The molecule has 2 aliphatic heterocycles. The molecule has 0 radical (unpaired) electrons. The Balaban J connectivity index is 1.70. The van der Waals surface area contributed by atoms with E-state index >= 15 is 0 Å². The zero-order valence-corrected chi connectivity index (χ0v) is 14.4. The molecule has 2 aliphatic rings. The normalized spacial score (nSPS) is 24.9. The van der Waals surface area contributed by atoms with Crippen molar-refractivity contribution >= 4 is 11.9 Å². The van der Waals surface area contributed by atoms with Gasteiger partial charge in [-0.15, -0.1) is 0 Å². The summed E-state index contributed by atoms with van der Waals surface area (Å²) in [6.07, 6.45) is 0. The maximum atomic E-state index is 12.9. The molecule has 0 spiro atoms. The Morgan fingerprint density at radius 2 is 1.88 bits per heavy atom. The molecular weight excluding hydrogens is 324 g/mol. The van der Waals surface area contributed by atoms with Gasteiger partial charge in [0.25, 0.3) is 5.91 Å². The van der Waals surface area contributed by atoms with Gasteiger partial charge in [0.1, 0.15) is 0 Å². The molecule has 1 amide bonds. The minimum atomic E-state index is -0.934. The van der Waals surface area contributed by atoms with Crippen LogP contribution < -0.4 is 0 Å². The lowest BCUT2D eigenvalue weighted by Gasteiger charge is -2.42. The molecule has 2 saturated heterocycles. The van der Waals surface area contributed by atoms with Crippen LogP contribution in [0.5, 0.6) is 0 Å². The second kappa shape index (κ2) is 7.51. The molecule has 25 heavy (non-hydrogen) atoms. The lowest BCUT2D eigenvalue weighted by atomic mass is 10.00. The Hall–Kier alpha value is -1.96. The number of morpholine rings is 2. The molecule has 7 nitrogen and oxygen atoms in total. The summed E-state index contributed by atoms with van der Waals surface area (Å²) in [6.45, 7) is 6.13. The highest BCUT2D eigenvalue weighted by molar-refractivity contribution is 5.89. The summed E-state index contributed by atoms with van der Waals surface area (Å²) >= 11 is 0. The van der Waals surface area contributed by atoms with Crippen LogP contribution in [0.2, 0.25) is 0 Å². The number of ether oxygens (including phenoxy) is 2. The van der Waals surface area contributed by atoms with Crippen LogP contribution >= 0.6 is 0 Å². The number of carbonyl (C=O) groups is 2. The molecule has 1 atom stereocenters. The zero-order chi connectivity index (χ0) is 17.9. The monoisotopic (exact) mass is 348 g/mol. The average molecular weight is 348 g/mol. The molecule has 0 aliphatic carbocycles. The van der Waals surface area contributed by atoms with Gasteiger partial charge in [-0.05, 0) is 18.6 Å².